The summed E-state index contributed by atoms with van der Waals surface area (Å²) in [6.07, 6.45) is 18.5. The van der Waals surface area contributed by atoms with E-state index in [1.807, 2.05) is 36.4 Å². The van der Waals surface area contributed by atoms with Crippen molar-refractivity contribution >= 4 is 54.1 Å². The molecule has 2 aliphatic heterocycles. The minimum Gasteiger partial charge on any atom is -0.507 e. The van der Waals surface area contributed by atoms with Crippen molar-refractivity contribution < 1.29 is 43.6 Å². The molecule has 3 aromatic rings. The molecule has 16 heteroatoms. The number of para-hydroxylation sites is 1. The Morgan fingerprint density at radius 1 is 0.795 bits per heavy atom. The quantitative estimate of drug-likeness (QED) is 0.0182. The summed E-state index contributed by atoms with van der Waals surface area (Å²) >= 11 is 0. The third-order valence-electron chi connectivity index (χ3n) is 13.9. The number of rotatable bonds is 31. The Kier molecular flexibility index (Phi) is 24.4. The van der Waals surface area contributed by atoms with Crippen LogP contribution in [-0.4, -0.2) is 109 Å². The van der Waals surface area contributed by atoms with Crippen molar-refractivity contribution in [3.63, 3.8) is 0 Å². The Labute approximate surface area is 435 Å². The molecular weight excluding hydrogens is 941 g/mol. The first kappa shape index (κ1) is 58.3. The molecule has 0 saturated carbocycles. The lowest BCUT2D eigenvalue weighted by Gasteiger charge is -2.45. The third-order valence-corrected chi connectivity index (χ3v) is 18.8. The Balaban J connectivity index is 1.12. The molecular formula is C57H84N6O9Si. The first-order chi connectivity index (χ1) is 35.2. The van der Waals surface area contributed by atoms with Crippen LogP contribution in [0.1, 0.15) is 168 Å². The van der Waals surface area contributed by atoms with Gasteiger partial charge in [0, 0.05) is 32.5 Å². The summed E-state index contributed by atoms with van der Waals surface area (Å²) in [6, 6.07) is 23.8. The van der Waals surface area contributed by atoms with E-state index >= 15 is 0 Å². The van der Waals surface area contributed by atoms with Crippen molar-refractivity contribution in [1.82, 2.24) is 26.1 Å². The molecule has 5 N–H and O–H groups in total. The van der Waals surface area contributed by atoms with E-state index < -0.39 is 44.2 Å². The zero-order valence-electron chi connectivity index (χ0n) is 44.1. The maximum atomic E-state index is 14.3. The number of hydroxylamine groups is 4. The fourth-order valence-corrected chi connectivity index (χ4v) is 14.1. The van der Waals surface area contributed by atoms with E-state index in [-0.39, 0.29) is 67.5 Å². The van der Waals surface area contributed by atoms with Gasteiger partial charge >= 0.3 is 0 Å². The maximum Gasteiger partial charge on any atom is 0.296 e. The van der Waals surface area contributed by atoms with Gasteiger partial charge in [-0.05, 0) is 72.5 Å². The molecule has 15 nitrogen and oxygen atoms in total. The van der Waals surface area contributed by atoms with Crippen molar-refractivity contribution in [2.75, 3.05) is 26.2 Å². The highest BCUT2D eigenvalue weighted by atomic mass is 28.4. The first-order valence-corrected chi connectivity index (χ1v) is 29.1. The lowest BCUT2D eigenvalue weighted by molar-refractivity contribution is -0.165. The molecule has 2 aliphatic rings. The van der Waals surface area contributed by atoms with Crippen LogP contribution in [0, 0.1) is 0 Å². The molecule has 0 spiro atoms. The van der Waals surface area contributed by atoms with Gasteiger partial charge in [-0.15, -0.1) is 0 Å². The summed E-state index contributed by atoms with van der Waals surface area (Å²) in [6.45, 7) is 8.95. The van der Waals surface area contributed by atoms with E-state index in [0.29, 0.717) is 50.6 Å². The van der Waals surface area contributed by atoms with Crippen LogP contribution in [0.5, 0.6) is 5.75 Å². The van der Waals surface area contributed by atoms with Gasteiger partial charge < -0.3 is 30.3 Å². The van der Waals surface area contributed by atoms with E-state index in [1.54, 1.807) is 18.2 Å². The molecule has 400 valence electrons. The van der Waals surface area contributed by atoms with Crippen LogP contribution in [0.3, 0.4) is 0 Å². The van der Waals surface area contributed by atoms with Crippen molar-refractivity contribution in [3.05, 3.63) is 90.5 Å². The summed E-state index contributed by atoms with van der Waals surface area (Å²) in [7, 11) is -3.14. The smallest absolute Gasteiger partial charge is 0.296 e. The van der Waals surface area contributed by atoms with Crippen LogP contribution in [0.2, 0.25) is 5.04 Å². The second kappa shape index (κ2) is 30.6. The van der Waals surface area contributed by atoms with E-state index in [1.165, 1.54) is 68.9 Å². The highest BCUT2D eigenvalue weighted by molar-refractivity contribution is 6.99. The summed E-state index contributed by atoms with van der Waals surface area (Å²) in [4.78, 5) is 72.3. The zero-order chi connectivity index (χ0) is 52.5. The SMILES string of the molecule is CCCCCCCCCCCCCCCC(=O)N(O)CCCC[C@H](NC(=O)[C@@H]1COC(c2ccccc2O)=N1)C(=O)NCCC(=O)N[C@H]1CCCCN(O[Si](c2ccccc2)(c2ccccc2)C(C)(C)C)C1=O. The molecule has 0 unspecified atom stereocenters. The lowest BCUT2D eigenvalue weighted by atomic mass is 10.0. The predicted molar refractivity (Wildman–Crippen MR) is 288 cm³/mol. The standard InChI is InChI=1S/C57H84N6O9Si/c1-5-6-7-8-9-10-11-12-13-14-15-16-23-38-52(66)62(70)41-28-26-35-47(60-54(68)49-43-71-55(61-49)46-34-24-25-37-50(46)64)53(67)58-40-39-51(65)59-48-36-27-29-42-63(56(48)69)72-73(57(2,3)4,44-30-19-17-20-31-44)45-32-21-18-22-33-45/h17-22,24-25,30-34,37,47-49,64,70H,5-16,23,26-29,35-36,38-43H2,1-4H3,(H,58,67)(H,59,65)(H,60,68)/t47-,48-,49-/m0/s1. The number of phenols is 1. The minimum atomic E-state index is -3.14. The molecule has 0 radical (unpaired) electrons. The van der Waals surface area contributed by atoms with Crippen LogP contribution in [0.25, 0.3) is 0 Å². The largest absolute Gasteiger partial charge is 0.507 e. The highest BCUT2D eigenvalue weighted by Gasteiger charge is 2.53. The number of nitrogens with one attached hydrogen (secondary N) is 3. The van der Waals surface area contributed by atoms with Crippen molar-refractivity contribution in [2.45, 2.75) is 186 Å². The number of hydrogen-bond donors (Lipinski definition) is 5. The van der Waals surface area contributed by atoms with Gasteiger partial charge in [0.1, 0.15) is 24.4 Å². The van der Waals surface area contributed by atoms with Crippen LogP contribution in [-0.2, 0) is 33.2 Å². The molecule has 0 aromatic heterocycles. The Bertz CT molecular complexity index is 2170. The number of ether oxygens (including phenoxy) is 1. The van der Waals surface area contributed by atoms with Crippen molar-refractivity contribution in [3.8, 4) is 5.75 Å². The van der Waals surface area contributed by atoms with E-state index in [9.17, 15) is 34.3 Å². The van der Waals surface area contributed by atoms with E-state index in [0.717, 1.165) is 34.7 Å². The Morgan fingerprint density at radius 2 is 1.38 bits per heavy atom. The number of unbranched alkanes of at least 4 members (excludes halogenated alkanes) is 13. The summed E-state index contributed by atoms with van der Waals surface area (Å²) < 4.78 is 12.8. The molecule has 73 heavy (non-hydrogen) atoms. The van der Waals surface area contributed by atoms with Crippen molar-refractivity contribution in [1.29, 1.82) is 0 Å². The molecule has 5 rings (SSSR count). The minimum absolute atomic E-state index is 0.0474. The Morgan fingerprint density at radius 3 is 1.99 bits per heavy atom. The second-order valence-electron chi connectivity index (χ2n) is 20.7. The second-order valence-corrected chi connectivity index (χ2v) is 24.9. The van der Waals surface area contributed by atoms with Gasteiger partial charge in [-0.3, -0.25) is 29.2 Å². The van der Waals surface area contributed by atoms with Crippen molar-refractivity contribution in [2.24, 2.45) is 4.99 Å². The topological polar surface area (TPSA) is 199 Å². The van der Waals surface area contributed by atoms with Crippen LogP contribution in [0.15, 0.2) is 89.9 Å². The molecule has 3 atom stereocenters. The average Bonchev–Trinajstić information content (AvgIpc) is 3.82. The van der Waals surface area contributed by atoms with Gasteiger partial charge in [0.15, 0.2) is 6.04 Å². The predicted octanol–water partition coefficient (Wildman–Crippen LogP) is 8.39. The Hall–Kier alpha value is -5.58. The number of aliphatic imine (C=N–C) groups is 1. The first-order valence-electron chi connectivity index (χ1n) is 27.2. The zero-order valence-corrected chi connectivity index (χ0v) is 45.1. The number of amides is 5. The fourth-order valence-electron chi connectivity index (χ4n) is 9.72. The van der Waals surface area contributed by atoms with Gasteiger partial charge in [-0.1, -0.05) is 178 Å². The fraction of sp³-hybridized carbons (Fsp3) is 0.579. The number of nitrogens with zero attached hydrogens (tertiary/aromatic N) is 3. The molecule has 5 amide bonds. The number of carbonyl (C=O) groups is 5. The van der Waals surface area contributed by atoms with Crippen LogP contribution in [0.4, 0.5) is 0 Å². The van der Waals surface area contributed by atoms with Gasteiger partial charge in [0.25, 0.3) is 14.2 Å². The molecule has 1 saturated heterocycles. The van der Waals surface area contributed by atoms with Gasteiger partial charge in [0.05, 0.1) is 5.56 Å². The molecule has 1 fully saturated rings. The molecule has 0 aliphatic carbocycles. The van der Waals surface area contributed by atoms with Crippen LogP contribution < -0.4 is 26.3 Å². The normalized spacial score (nSPS) is 16.5. The summed E-state index contributed by atoms with van der Waals surface area (Å²) in [5.41, 5.74) is 0.340. The summed E-state index contributed by atoms with van der Waals surface area (Å²) in [5.74, 6) is -2.11. The number of benzene rings is 3. The van der Waals surface area contributed by atoms with E-state index in [2.05, 4.69) is 72.9 Å². The highest BCUT2D eigenvalue weighted by Crippen LogP contribution is 2.38. The molecule has 3 aromatic carbocycles. The number of aromatic hydroxyl groups is 1. The number of hydrogen-bond acceptors (Lipinski definition) is 10. The molecule has 2 heterocycles. The van der Waals surface area contributed by atoms with Gasteiger partial charge in [-0.2, -0.15) is 0 Å². The third kappa shape index (κ3) is 18.1. The number of phenolic OH excluding ortho intramolecular Hbond substituents is 1. The summed E-state index contributed by atoms with van der Waals surface area (Å²) in [5, 5.41) is 33.3. The van der Waals surface area contributed by atoms with Gasteiger partial charge in [-0.25, -0.2) is 15.1 Å². The monoisotopic (exact) mass is 1020 g/mol. The van der Waals surface area contributed by atoms with Crippen LogP contribution >= 0.6 is 0 Å². The van der Waals surface area contributed by atoms with E-state index in [4.69, 9.17) is 9.26 Å². The maximum absolute atomic E-state index is 14.3. The average molecular weight is 1030 g/mol. The van der Waals surface area contributed by atoms with Gasteiger partial charge in [0.2, 0.25) is 29.5 Å². The lowest BCUT2D eigenvalue weighted by Crippen LogP contribution is -2.69. The number of carbonyl (C=O) groups excluding carboxylic acids is 5. The molecule has 0 bridgehead atoms.